The van der Waals surface area contributed by atoms with Gasteiger partial charge < -0.3 is 20.9 Å². The minimum atomic E-state index is -0.310. The van der Waals surface area contributed by atoms with Crippen molar-refractivity contribution in [2.75, 3.05) is 18.8 Å². The van der Waals surface area contributed by atoms with Gasteiger partial charge in [0, 0.05) is 18.0 Å². The van der Waals surface area contributed by atoms with Gasteiger partial charge in [0.15, 0.2) is 0 Å². The number of hydrogen-bond acceptors (Lipinski definition) is 6. The van der Waals surface area contributed by atoms with E-state index in [-0.39, 0.29) is 6.10 Å². The zero-order valence-corrected chi connectivity index (χ0v) is 20.8. The normalized spacial score (nSPS) is 18.8. The third-order valence-corrected chi connectivity index (χ3v) is 7.04. The lowest BCUT2D eigenvalue weighted by Crippen LogP contribution is -2.31. The number of benzene rings is 2. The second-order valence-corrected chi connectivity index (χ2v) is 9.90. The molecule has 4 aromatic rings. The van der Waals surface area contributed by atoms with Gasteiger partial charge in [0.1, 0.15) is 24.0 Å². The first-order chi connectivity index (χ1) is 17.6. The van der Waals surface area contributed by atoms with Crippen LogP contribution in [-0.4, -0.2) is 38.7 Å². The Hall–Kier alpha value is -3.42. The highest BCUT2D eigenvalue weighted by atomic mass is 16.5. The van der Waals surface area contributed by atoms with Crippen LogP contribution >= 0.6 is 0 Å². The third-order valence-electron chi connectivity index (χ3n) is 7.04. The molecule has 1 fully saturated rings. The molecular formula is C29H35N5O2. The average molecular weight is 486 g/mol. The number of ether oxygens (including phenoxy) is 1. The lowest BCUT2D eigenvalue weighted by molar-refractivity contribution is 0.186. The topological polar surface area (TPSA) is 97.7 Å². The highest BCUT2D eigenvalue weighted by Gasteiger charge is 2.27. The molecule has 1 aliphatic carbocycles. The largest absolute Gasteiger partial charge is 0.489 e. The summed E-state index contributed by atoms with van der Waals surface area (Å²) in [6, 6.07) is 18.3. The van der Waals surface area contributed by atoms with E-state index in [0.717, 1.165) is 66.1 Å². The number of anilines is 1. The molecule has 2 aromatic heterocycles. The number of nitrogens with one attached hydrogen (secondary N) is 1. The third kappa shape index (κ3) is 5.53. The summed E-state index contributed by atoms with van der Waals surface area (Å²) in [5.41, 5.74) is 10.4. The second kappa shape index (κ2) is 11.1. The van der Waals surface area contributed by atoms with Crippen molar-refractivity contribution in [3.8, 4) is 17.0 Å². The first-order valence-corrected chi connectivity index (χ1v) is 12.9. The number of imidazole rings is 1. The molecule has 0 radical (unpaired) electrons. The van der Waals surface area contributed by atoms with Crippen LogP contribution in [0.25, 0.3) is 16.8 Å². The van der Waals surface area contributed by atoms with Crippen LogP contribution in [0.5, 0.6) is 5.75 Å². The van der Waals surface area contributed by atoms with Crippen LogP contribution < -0.4 is 15.8 Å². The van der Waals surface area contributed by atoms with Crippen LogP contribution in [0.15, 0.2) is 67.0 Å². The van der Waals surface area contributed by atoms with E-state index in [1.807, 2.05) is 49.5 Å². The highest BCUT2D eigenvalue weighted by Crippen LogP contribution is 2.38. The number of aliphatic hydroxyl groups is 1. The molecule has 4 N–H and O–H groups in total. The van der Waals surface area contributed by atoms with Crippen molar-refractivity contribution in [1.82, 2.24) is 19.7 Å². The summed E-state index contributed by atoms with van der Waals surface area (Å²) in [5, 5.41) is 12.9. The molecule has 5 rings (SSSR count). The van der Waals surface area contributed by atoms with Crippen LogP contribution in [0.4, 0.5) is 5.82 Å². The number of nitrogens with zero attached hydrogens (tertiary/aromatic N) is 3. The van der Waals surface area contributed by atoms with E-state index < -0.39 is 0 Å². The quantitative estimate of drug-likeness (QED) is 0.315. The number of hydrogen-bond donors (Lipinski definition) is 3. The Bertz CT molecular complexity index is 1280. The Morgan fingerprint density at radius 2 is 1.89 bits per heavy atom. The molecule has 36 heavy (non-hydrogen) atoms. The van der Waals surface area contributed by atoms with Gasteiger partial charge in [-0.2, -0.15) is 0 Å². The molecule has 0 amide bonds. The maximum absolute atomic E-state index is 9.50. The fourth-order valence-corrected chi connectivity index (χ4v) is 5.16. The molecule has 0 bridgehead atoms. The van der Waals surface area contributed by atoms with Crippen LogP contribution in [0.1, 0.15) is 49.9 Å². The first-order valence-electron chi connectivity index (χ1n) is 12.9. The molecule has 2 heterocycles. The van der Waals surface area contributed by atoms with Crippen LogP contribution in [0.3, 0.4) is 0 Å². The Labute approximate surface area is 212 Å². The summed E-state index contributed by atoms with van der Waals surface area (Å²) in [6.07, 6.45) is 7.65. The molecule has 1 saturated carbocycles. The van der Waals surface area contributed by atoms with E-state index in [1.54, 1.807) is 6.20 Å². The fourth-order valence-electron chi connectivity index (χ4n) is 5.16. The number of aliphatic hydroxyl groups excluding tert-OH is 1. The van der Waals surface area contributed by atoms with E-state index >= 15 is 0 Å². The molecule has 188 valence electrons. The van der Waals surface area contributed by atoms with Crippen molar-refractivity contribution >= 4 is 11.3 Å². The molecule has 0 aliphatic heterocycles. The Morgan fingerprint density at radius 1 is 1.08 bits per heavy atom. The number of fused-ring (bicyclic) bond motifs is 1. The molecule has 0 saturated heterocycles. The van der Waals surface area contributed by atoms with Gasteiger partial charge >= 0.3 is 0 Å². The minimum Gasteiger partial charge on any atom is -0.489 e. The van der Waals surface area contributed by atoms with E-state index in [2.05, 4.69) is 32.9 Å². The van der Waals surface area contributed by atoms with Crippen LogP contribution in [-0.2, 0) is 6.61 Å². The maximum atomic E-state index is 9.50. The molecule has 1 unspecified atom stereocenters. The molecule has 1 atom stereocenters. The fraction of sp³-hybridized carbons (Fsp3) is 0.379. The number of nitrogens with two attached hydrogens (primary N) is 1. The second-order valence-electron chi connectivity index (χ2n) is 9.90. The standard InChI is InChI=1S/C29H35N5O2/c1-20(35)15-31-16-21-10-12-23(13-11-21)29-33-28(26-17-32-18-27(30)34(26)29)24-8-5-9-25(14-24)36-19-22-6-3-2-4-7-22/h2-9,14,17-18,20-21,23,31,35H,10-13,15-16,19,30H2,1H3. The smallest absolute Gasteiger partial charge is 0.128 e. The molecule has 2 aromatic carbocycles. The number of nitrogen functional groups attached to an aromatic ring is 1. The van der Waals surface area contributed by atoms with Gasteiger partial charge in [0.2, 0.25) is 0 Å². The summed E-state index contributed by atoms with van der Waals surface area (Å²) in [5.74, 6) is 3.41. The predicted octanol–water partition coefficient (Wildman–Crippen LogP) is 4.80. The van der Waals surface area contributed by atoms with Gasteiger partial charge in [0.25, 0.3) is 0 Å². The predicted molar refractivity (Wildman–Crippen MR) is 143 cm³/mol. The lowest BCUT2D eigenvalue weighted by Gasteiger charge is -2.28. The van der Waals surface area contributed by atoms with Crippen LogP contribution in [0, 0.1) is 5.92 Å². The van der Waals surface area contributed by atoms with Gasteiger partial charge in [-0.3, -0.25) is 9.38 Å². The van der Waals surface area contributed by atoms with Crippen molar-refractivity contribution in [2.24, 2.45) is 5.92 Å². The lowest BCUT2D eigenvalue weighted by atomic mass is 9.81. The van der Waals surface area contributed by atoms with E-state index in [0.29, 0.717) is 30.8 Å². The molecular weight excluding hydrogens is 450 g/mol. The zero-order chi connectivity index (χ0) is 24.9. The highest BCUT2D eigenvalue weighted by molar-refractivity contribution is 5.79. The van der Waals surface area contributed by atoms with Crippen LogP contribution in [0.2, 0.25) is 0 Å². The first kappa shape index (κ1) is 24.3. The molecule has 1 aliphatic rings. The summed E-state index contributed by atoms with van der Waals surface area (Å²) in [6.45, 7) is 3.93. The zero-order valence-electron chi connectivity index (χ0n) is 20.8. The van der Waals surface area contributed by atoms with Crippen molar-refractivity contribution in [2.45, 2.75) is 51.2 Å². The van der Waals surface area contributed by atoms with E-state index in [1.165, 1.54) is 0 Å². The van der Waals surface area contributed by atoms with E-state index in [4.69, 9.17) is 15.5 Å². The summed E-state index contributed by atoms with van der Waals surface area (Å²) >= 11 is 0. The average Bonchev–Trinajstić information content (AvgIpc) is 3.30. The number of aromatic nitrogens is 3. The van der Waals surface area contributed by atoms with Crippen molar-refractivity contribution in [3.05, 3.63) is 78.4 Å². The molecule has 0 spiro atoms. The summed E-state index contributed by atoms with van der Waals surface area (Å²) in [7, 11) is 0. The van der Waals surface area contributed by atoms with Gasteiger partial charge in [-0.1, -0.05) is 42.5 Å². The van der Waals surface area contributed by atoms with Gasteiger partial charge in [-0.25, -0.2) is 4.98 Å². The van der Waals surface area contributed by atoms with Gasteiger partial charge in [-0.15, -0.1) is 0 Å². The maximum Gasteiger partial charge on any atom is 0.128 e. The van der Waals surface area contributed by atoms with Crippen molar-refractivity contribution < 1.29 is 9.84 Å². The monoisotopic (exact) mass is 485 g/mol. The summed E-state index contributed by atoms with van der Waals surface area (Å²) in [4.78, 5) is 9.52. The molecule has 7 heteroatoms. The van der Waals surface area contributed by atoms with Gasteiger partial charge in [-0.05, 0) is 62.8 Å². The number of rotatable bonds is 9. The Kier molecular flexibility index (Phi) is 7.49. The Morgan fingerprint density at radius 3 is 2.67 bits per heavy atom. The van der Waals surface area contributed by atoms with Crippen molar-refractivity contribution in [1.29, 1.82) is 0 Å². The van der Waals surface area contributed by atoms with E-state index in [9.17, 15) is 5.11 Å². The molecule has 7 nitrogen and oxygen atoms in total. The SMILES string of the molecule is CC(O)CNCC1CCC(c2nc(-c3cccc(OCc4ccccc4)c3)c3cncc(N)n23)CC1. The summed E-state index contributed by atoms with van der Waals surface area (Å²) < 4.78 is 8.16. The van der Waals surface area contributed by atoms with Gasteiger partial charge in [0.05, 0.1) is 29.7 Å². The van der Waals surface area contributed by atoms with Crippen molar-refractivity contribution in [3.63, 3.8) is 0 Å². The minimum absolute atomic E-state index is 0.310. The Balaban J connectivity index is 1.36.